The maximum atomic E-state index is 6.20. The van der Waals surface area contributed by atoms with Gasteiger partial charge in [-0.3, -0.25) is 4.90 Å². The van der Waals surface area contributed by atoms with Crippen molar-refractivity contribution in [3.63, 3.8) is 0 Å². The van der Waals surface area contributed by atoms with E-state index in [-0.39, 0.29) is 0 Å². The highest BCUT2D eigenvalue weighted by Gasteiger charge is 2.17. The molecule has 2 rings (SSSR count). The minimum Gasteiger partial charge on any atom is -0.313 e. The monoisotopic (exact) mass is 252 g/mol. The summed E-state index contributed by atoms with van der Waals surface area (Å²) < 4.78 is 0. The largest absolute Gasteiger partial charge is 0.313 e. The fraction of sp³-hybridized carbons (Fsp3) is 0.571. The molecule has 94 valence electrons. The average Bonchev–Trinajstić information content (AvgIpc) is 2.84. The first-order chi connectivity index (χ1) is 8.29. The lowest BCUT2D eigenvalue weighted by molar-refractivity contribution is 0.253. The molecule has 2 nitrogen and oxygen atoms in total. The van der Waals surface area contributed by atoms with Gasteiger partial charge in [0.1, 0.15) is 0 Å². The normalized spacial score (nSPS) is 20.1. The molecule has 0 spiro atoms. The van der Waals surface area contributed by atoms with E-state index >= 15 is 0 Å². The maximum absolute atomic E-state index is 6.20. The number of rotatable bonds is 5. The molecule has 1 heterocycles. The van der Waals surface area contributed by atoms with Crippen molar-refractivity contribution in [1.82, 2.24) is 10.2 Å². The van der Waals surface area contributed by atoms with Crippen LogP contribution >= 0.6 is 11.6 Å². The smallest absolute Gasteiger partial charge is 0.0451 e. The second-order valence-electron chi connectivity index (χ2n) is 4.71. The molecule has 1 fully saturated rings. The molecule has 1 saturated heterocycles. The molecule has 1 aliphatic rings. The molecule has 1 aromatic carbocycles. The van der Waals surface area contributed by atoms with Crippen molar-refractivity contribution in [2.24, 2.45) is 0 Å². The molecular weight excluding hydrogens is 232 g/mol. The van der Waals surface area contributed by atoms with Crippen molar-refractivity contribution in [3.05, 3.63) is 34.9 Å². The number of hydrogen-bond acceptors (Lipinski definition) is 2. The summed E-state index contributed by atoms with van der Waals surface area (Å²) in [6.07, 6.45) is 2.62. The van der Waals surface area contributed by atoms with Crippen molar-refractivity contribution in [3.8, 4) is 0 Å². The molecule has 0 amide bonds. The molecule has 0 aliphatic carbocycles. The Balaban J connectivity index is 1.92. The number of hydrogen-bond donors (Lipinski definition) is 1. The van der Waals surface area contributed by atoms with Gasteiger partial charge in [0.2, 0.25) is 0 Å². The van der Waals surface area contributed by atoms with Crippen LogP contribution in [0.5, 0.6) is 0 Å². The minimum absolute atomic E-state index is 0.664. The average molecular weight is 253 g/mol. The second-order valence-corrected chi connectivity index (χ2v) is 5.12. The zero-order valence-electron chi connectivity index (χ0n) is 10.5. The van der Waals surface area contributed by atoms with Crippen molar-refractivity contribution >= 4 is 11.6 Å². The predicted molar refractivity (Wildman–Crippen MR) is 73.4 cm³/mol. The summed E-state index contributed by atoms with van der Waals surface area (Å²) in [5.74, 6) is 0. The number of benzene rings is 1. The fourth-order valence-corrected chi connectivity index (χ4v) is 2.59. The van der Waals surface area contributed by atoms with Gasteiger partial charge in [-0.2, -0.15) is 0 Å². The SMILES string of the molecule is CCN(Cc1ccccc1Cl)CC1CCCN1. The number of nitrogens with one attached hydrogen (secondary N) is 1. The van der Waals surface area contributed by atoms with Gasteiger partial charge >= 0.3 is 0 Å². The summed E-state index contributed by atoms with van der Waals surface area (Å²) in [6, 6.07) is 8.80. The van der Waals surface area contributed by atoms with Gasteiger partial charge in [-0.15, -0.1) is 0 Å². The van der Waals surface area contributed by atoms with E-state index in [1.807, 2.05) is 12.1 Å². The first kappa shape index (κ1) is 12.9. The molecule has 3 heteroatoms. The topological polar surface area (TPSA) is 15.3 Å². The molecular formula is C14H21ClN2. The van der Waals surface area contributed by atoms with Gasteiger partial charge in [-0.1, -0.05) is 36.7 Å². The molecule has 0 aromatic heterocycles. The van der Waals surface area contributed by atoms with Crippen LogP contribution in [0.25, 0.3) is 0 Å². The van der Waals surface area contributed by atoms with Gasteiger partial charge in [0.25, 0.3) is 0 Å². The number of likely N-dealkylation sites (N-methyl/N-ethyl adjacent to an activating group) is 1. The quantitative estimate of drug-likeness (QED) is 0.867. The lowest BCUT2D eigenvalue weighted by atomic mass is 10.1. The molecule has 0 saturated carbocycles. The van der Waals surface area contributed by atoms with Crippen molar-refractivity contribution in [2.45, 2.75) is 32.4 Å². The Morgan fingerprint density at radius 3 is 2.88 bits per heavy atom. The van der Waals surface area contributed by atoms with E-state index in [1.165, 1.54) is 24.9 Å². The van der Waals surface area contributed by atoms with E-state index < -0.39 is 0 Å². The Labute approximate surface area is 109 Å². The Morgan fingerprint density at radius 1 is 1.41 bits per heavy atom. The standard InChI is InChI=1S/C14H21ClN2/c1-2-17(11-13-7-5-9-16-13)10-12-6-3-4-8-14(12)15/h3-4,6,8,13,16H,2,5,7,9-11H2,1H3. The third kappa shape index (κ3) is 3.70. The van der Waals surface area contributed by atoms with E-state index in [2.05, 4.69) is 29.3 Å². The summed E-state index contributed by atoms with van der Waals surface area (Å²) in [5, 5.41) is 4.43. The van der Waals surface area contributed by atoms with Crippen LogP contribution in [-0.2, 0) is 6.54 Å². The van der Waals surface area contributed by atoms with E-state index in [4.69, 9.17) is 11.6 Å². The second kappa shape index (κ2) is 6.39. The lowest BCUT2D eigenvalue weighted by Gasteiger charge is -2.24. The van der Waals surface area contributed by atoms with Crippen LogP contribution in [0.4, 0.5) is 0 Å². The highest BCUT2D eigenvalue weighted by molar-refractivity contribution is 6.31. The molecule has 0 radical (unpaired) electrons. The zero-order chi connectivity index (χ0) is 12.1. The van der Waals surface area contributed by atoms with Crippen LogP contribution in [0.3, 0.4) is 0 Å². The number of halogens is 1. The number of nitrogens with zero attached hydrogens (tertiary/aromatic N) is 1. The van der Waals surface area contributed by atoms with Crippen LogP contribution in [0.15, 0.2) is 24.3 Å². The Kier molecular flexibility index (Phi) is 4.84. The Hall–Kier alpha value is -0.570. The van der Waals surface area contributed by atoms with Crippen molar-refractivity contribution in [1.29, 1.82) is 0 Å². The predicted octanol–water partition coefficient (Wildman–Crippen LogP) is 2.91. The highest BCUT2D eigenvalue weighted by atomic mass is 35.5. The highest BCUT2D eigenvalue weighted by Crippen LogP contribution is 2.17. The first-order valence-corrected chi connectivity index (χ1v) is 6.86. The first-order valence-electron chi connectivity index (χ1n) is 6.48. The molecule has 1 atom stereocenters. The fourth-order valence-electron chi connectivity index (χ4n) is 2.40. The molecule has 1 N–H and O–H groups in total. The Morgan fingerprint density at radius 2 is 2.24 bits per heavy atom. The van der Waals surface area contributed by atoms with E-state index in [0.717, 1.165) is 24.7 Å². The third-order valence-electron chi connectivity index (χ3n) is 3.44. The van der Waals surface area contributed by atoms with Gasteiger partial charge in [-0.05, 0) is 37.6 Å². The zero-order valence-corrected chi connectivity index (χ0v) is 11.2. The molecule has 17 heavy (non-hydrogen) atoms. The van der Waals surface area contributed by atoms with Gasteiger partial charge in [0, 0.05) is 24.2 Å². The van der Waals surface area contributed by atoms with Crippen molar-refractivity contribution < 1.29 is 0 Å². The lowest BCUT2D eigenvalue weighted by Crippen LogP contribution is -2.37. The van der Waals surface area contributed by atoms with Gasteiger partial charge in [0.15, 0.2) is 0 Å². The van der Waals surface area contributed by atoms with Crippen LogP contribution in [-0.4, -0.2) is 30.6 Å². The molecule has 1 aromatic rings. The maximum Gasteiger partial charge on any atom is 0.0451 e. The summed E-state index contributed by atoms with van der Waals surface area (Å²) >= 11 is 6.20. The summed E-state index contributed by atoms with van der Waals surface area (Å²) in [6.45, 7) is 6.54. The van der Waals surface area contributed by atoms with Gasteiger partial charge < -0.3 is 5.32 Å². The summed E-state index contributed by atoms with van der Waals surface area (Å²) in [7, 11) is 0. The third-order valence-corrected chi connectivity index (χ3v) is 3.81. The van der Waals surface area contributed by atoms with Crippen LogP contribution in [0.1, 0.15) is 25.3 Å². The summed E-state index contributed by atoms with van der Waals surface area (Å²) in [4.78, 5) is 2.46. The van der Waals surface area contributed by atoms with E-state index in [9.17, 15) is 0 Å². The minimum atomic E-state index is 0.664. The summed E-state index contributed by atoms with van der Waals surface area (Å²) in [5.41, 5.74) is 1.23. The van der Waals surface area contributed by atoms with E-state index in [1.54, 1.807) is 0 Å². The Bertz CT molecular complexity index is 348. The van der Waals surface area contributed by atoms with Crippen molar-refractivity contribution in [2.75, 3.05) is 19.6 Å². The van der Waals surface area contributed by atoms with E-state index in [0.29, 0.717) is 6.04 Å². The van der Waals surface area contributed by atoms with Crippen LogP contribution in [0, 0.1) is 0 Å². The van der Waals surface area contributed by atoms with Gasteiger partial charge in [0.05, 0.1) is 0 Å². The molecule has 1 aliphatic heterocycles. The van der Waals surface area contributed by atoms with Crippen LogP contribution in [0.2, 0.25) is 5.02 Å². The molecule has 0 bridgehead atoms. The van der Waals surface area contributed by atoms with Crippen LogP contribution < -0.4 is 5.32 Å². The van der Waals surface area contributed by atoms with Gasteiger partial charge in [-0.25, -0.2) is 0 Å². The molecule has 1 unspecified atom stereocenters.